The van der Waals surface area contributed by atoms with E-state index < -0.39 is 0 Å². The lowest BCUT2D eigenvalue weighted by Gasteiger charge is -2.26. The zero-order chi connectivity index (χ0) is 11.6. The summed E-state index contributed by atoms with van der Waals surface area (Å²) < 4.78 is 0. The van der Waals surface area contributed by atoms with Crippen molar-refractivity contribution in [2.24, 2.45) is 5.73 Å². The van der Waals surface area contributed by atoms with Crippen molar-refractivity contribution in [3.05, 3.63) is 18.1 Å². The standard InChI is InChI=1S/C11H16N4S/c1-11(4-2-3-5-11)15-10-8(9(12)16)13-6-7-14-10/h6-7H,2-5H2,1H3,(H2,12,16)(H,14,15). The monoisotopic (exact) mass is 236 g/mol. The third-order valence-electron chi connectivity index (χ3n) is 3.06. The maximum Gasteiger partial charge on any atom is 0.155 e. The summed E-state index contributed by atoms with van der Waals surface area (Å²) in [7, 11) is 0. The molecule has 5 heteroatoms. The summed E-state index contributed by atoms with van der Waals surface area (Å²) in [6.45, 7) is 2.21. The van der Waals surface area contributed by atoms with Crippen molar-refractivity contribution in [1.29, 1.82) is 0 Å². The summed E-state index contributed by atoms with van der Waals surface area (Å²) in [6.07, 6.45) is 8.08. The predicted molar refractivity (Wildman–Crippen MR) is 68.4 cm³/mol. The number of rotatable bonds is 3. The first-order chi connectivity index (χ1) is 7.61. The highest BCUT2D eigenvalue weighted by Crippen LogP contribution is 2.32. The average molecular weight is 236 g/mol. The molecule has 0 unspecified atom stereocenters. The van der Waals surface area contributed by atoms with Crippen LogP contribution in [0.25, 0.3) is 0 Å². The molecule has 2 rings (SSSR count). The van der Waals surface area contributed by atoms with Crippen LogP contribution in [0.3, 0.4) is 0 Å². The molecule has 16 heavy (non-hydrogen) atoms. The lowest BCUT2D eigenvalue weighted by Crippen LogP contribution is -2.32. The van der Waals surface area contributed by atoms with E-state index in [0.717, 1.165) is 12.8 Å². The van der Waals surface area contributed by atoms with Gasteiger partial charge in [0.1, 0.15) is 10.7 Å². The van der Waals surface area contributed by atoms with E-state index in [4.69, 9.17) is 18.0 Å². The van der Waals surface area contributed by atoms with Gasteiger partial charge in [0.05, 0.1) is 0 Å². The molecular formula is C11H16N4S. The Kier molecular flexibility index (Phi) is 3.05. The molecule has 86 valence electrons. The first kappa shape index (κ1) is 11.3. The van der Waals surface area contributed by atoms with Gasteiger partial charge < -0.3 is 11.1 Å². The molecule has 1 aliphatic rings. The number of nitrogens with zero attached hydrogens (tertiary/aromatic N) is 2. The normalized spacial score (nSPS) is 18.3. The van der Waals surface area contributed by atoms with E-state index >= 15 is 0 Å². The third kappa shape index (κ3) is 2.29. The first-order valence-electron chi connectivity index (χ1n) is 5.50. The Labute approximate surface area is 101 Å². The zero-order valence-electron chi connectivity index (χ0n) is 9.36. The van der Waals surface area contributed by atoms with Crippen molar-refractivity contribution in [3.63, 3.8) is 0 Å². The van der Waals surface area contributed by atoms with Gasteiger partial charge >= 0.3 is 0 Å². The Morgan fingerprint density at radius 3 is 2.62 bits per heavy atom. The van der Waals surface area contributed by atoms with Crippen LogP contribution in [0.4, 0.5) is 5.82 Å². The highest BCUT2D eigenvalue weighted by atomic mass is 32.1. The summed E-state index contributed by atoms with van der Waals surface area (Å²) in [6, 6.07) is 0. The maximum absolute atomic E-state index is 5.62. The number of thiocarbonyl (C=S) groups is 1. The Morgan fingerprint density at radius 1 is 1.38 bits per heavy atom. The van der Waals surface area contributed by atoms with Gasteiger partial charge in [-0.05, 0) is 19.8 Å². The van der Waals surface area contributed by atoms with Gasteiger partial charge in [-0.3, -0.25) is 0 Å². The lowest BCUT2D eigenvalue weighted by molar-refractivity contribution is 0.530. The van der Waals surface area contributed by atoms with E-state index in [1.807, 2.05) is 0 Å². The second-order valence-corrected chi connectivity index (χ2v) is 4.95. The fourth-order valence-corrected chi connectivity index (χ4v) is 2.33. The SMILES string of the molecule is CC1(Nc2nccnc2C(N)=S)CCCC1. The number of hydrogen-bond acceptors (Lipinski definition) is 4. The van der Waals surface area contributed by atoms with Gasteiger partial charge in [-0.1, -0.05) is 25.1 Å². The van der Waals surface area contributed by atoms with Crippen LogP contribution in [0, 0.1) is 0 Å². The van der Waals surface area contributed by atoms with E-state index in [0.29, 0.717) is 11.5 Å². The van der Waals surface area contributed by atoms with Gasteiger partial charge in [-0.2, -0.15) is 0 Å². The molecule has 1 aromatic heterocycles. The fourth-order valence-electron chi connectivity index (χ4n) is 2.18. The smallest absolute Gasteiger partial charge is 0.155 e. The van der Waals surface area contributed by atoms with Crippen LogP contribution in [-0.2, 0) is 0 Å². The molecule has 0 aliphatic heterocycles. The van der Waals surface area contributed by atoms with Gasteiger partial charge in [0.25, 0.3) is 0 Å². The summed E-state index contributed by atoms with van der Waals surface area (Å²) in [5.74, 6) is 0.708. The number of aromatic nitrogens is 2. The Balaban J connectivity index is 2.23. The topological polar surface area (TPSA) is 63.8 Å². The fraction of sp³-hybridized carbons (Fsp3) is 0.545. The van der Waals surface area contributed by atoms with Crippen LogP contribution in [0.15, 0.2) is 12.4 Å². The van der Waals surface area contributed by atoms with Gasteiger partial charge in [0.15, 0.2) is 5.82 Å². The molecule has 0 spiro atoms. The lowest BCUT2D eigenvalue weighted by atomic mass is 10.0. The van der Waals surface area contributed by atoms with Gasteiger partial charge in [-0.25, -0.2) is 9.97 Å². The van der Waals surface area contributed by atoms with Crippen LogP contribution in [-0.4, -0.2) is 20.5 Å². The third-order valence-corrected chi connectivity index (χ3v) is 3.25. The molecule has 1 saturated carbocycles. The van der Waals surface area contributed by atoms with Crippen molar-refractivity contribution in [2.75, 3.05) is 5.32 Å². The summed E-state index contributed by atoms with van der Waals surface area (Å²) in [5, 5.41) is 3.43. The van der Waals surface area contributed by atoms with Crippen LogP contribution in [0.1, 0.15) is 38.3 Å². The molecule has 0 atom stereocenters. The molecule has 0 aromatic carbocycles. The molecule has 1 aliphatic carbocycles. The van der Waals surface area contributed by atoms with Crippen LogP contribution < -0.4 is 11.1 Å². The van der Waals surface area contributed by atoms with E-state index in [-0.39, 0.29) is 10.5 Å². The Hall–Kier alpha value is -1.23. The highest BCUT2D eigenvalue weighted by Gasteiger charge is 2.29. The van der Waals surface area contributed by atoms with Crippen LogP contribution in [0.2, 0.25) is 0 Å². The zero-order valence-corrected chi connectivity index (χ0v) is 10.2. The van der Waals surface area contributed by atoms with Crippen LogP contribution in [0.5, 0.6) is 0 Å². The molecule has 0 bridgehead atoms. The van der Waals surface area contributed by atoms with E-state index in [2.05, 4.69) is 22.2 Å². The van der Waals surface area contributed by atoms with Gasteiger partial charge in [0, 0.05) is 17.9 Å². The molecular weight excluding hydrogens is 220 g/mol. The summed E-state index contributed by atoms with van der Waals surface area (Å²) >= 11 is 4.96. The number of hydrogen-bond donors (Lipinski definition) is 2. The average Bonchev–Trinajstić information content (AvgIpc) is 2.65. The predicted octanol–water partition coefficient (Wildman–Crippen LogP) is 1.86. The highest BCUT2D eigenvalue weighted by molar-refractivity contribution is 7.80. The van der Waals surface area contributed by atoms with Crippen molar-refractivity contribution >= 4 is 23.0 Å². The van der Waals surface area contributed by atoms with Crippen molar-refractivity contribution in [2.45, 2.75) is 38.1 Å². The first-order valence-corrected chi connectivity index (χ1v) is 5.91. The molecule has 1 aromatic rings. The van der Waals surface area contributed by atoms with Crippen molar-refractivity contribution in [3.8, 4) is 0 Å². The van der Waals surface area contributed by atoms with E-state index in [1.54, 1.807) is 12.4 Å². The Morgan fingerprint density at radius 2 is 2.00 bits per heavy atom. The van der Waals surface area contributed by atoms with E-state index in [9.17, 15) is 0 Å². The number of anilines is 1. The largest absolute Gasteiger partial charge is 0.388 e. The molecule has 0 saturated heterocycles. The van der Waals surface area contributed by atoms with Gasteiger partial charge in [-0.15, -0.1) is 0 Å². The molecule has 1 heterocycles. The molecule has 3 N–H and O–H groups in total. The minimum absolute atomic E-state index is 0.107. The van der Waals surface area contributed by atoms with Gasteiger partial charge in [0.2, 0.25) is 0 Å². The van der Waals surface area contributed by atoms with Crippen molar-refractivity contribution in [1.82, 2.24) is 9.97 Å². The number of nitrogens with two attached hydrogens (primary N) is 1. The summed E-state index contributed by atoms with van der Waals surface area (Å²) in [5.41, 5.74) is 6.32. The molecule has 1 fully saturated rings. The minimum Gasteiger partial charge on any atom is -0.388 e. The summed E-state index contributed by atoms with van der Waals surface area (Å²) in [4.78, 5) is 8.72. The second-order valence-electron chi connectivity index (χ2n) is 4.51. The minimum atomic E-state index is 0.107. The second kappa shape index (κ2) is 4.33. The molecule has 0 amide bonds. The van der Waals surface area contributed by atoms with E-state index in [1.165, 1.54) is 12.8 Å². The quantitative estimate of drug-likeness (QED) is 0.784. The molecule has 4 nitrogen and oxygen atoms in total. The number of nitrogens with one attached hydrogen (secondary N) is 1. The van der Waals surface area contributed by atoms with Crippen molar-refractivity contribution < 1.29 is 0 Å². The Bertz CT molecular complexity index is 399. The molecule has 0 radical (unpaired) electrons. The van der Waals surface area contributed by atoms with Crippen LogP contribution >= 0.6 is 12.2 Å². The maximum atomic E-state index is 5.62.